The van der Waals surface area contributed by atoms with Gasteiger partial charge in [-0.3, -0.25) is 4.55 Å². The summed E-state index contributed by atoms with van der Waals surface area (Å²) in [4.78, 5) is -0.615. The van der Waals surface area contributed by atoms with Crippen molar-refractivity contribution < 1.29 is 27.6 Å². The quantitative estimate of drug-likeness (QED) is 0.0881. The minimum atomic E-state index is -4.83. The summed E-state index contributed by atoms with van der Waals surface area (Å²) < 4.78 is 46.2. The molecule has 0 atom stereocenters. The van der Waals surface area contributed by atoms with Crippen LogP contribution < -0.4 is 14.8 Å². The Hall–Kier alpha value is -6.51. The van der Waals surface area contributed by atoms with Gasteiger partial charge in [-0.2, -0.15) is 23.8 Å². The van der Waals surface area contributed by atoms with Gasteiger partial charge in [0.15, 0.2) is 5.75 Å². The third-order valence-electron chi connectivity index (χ3n) is 7.94. The molecule has 6 aromatic rings. The van der Waals surface area contributed by atoms with Crippen LogP contribution in [0.3, 0.4) is 0 Å². The number of anilines is 2. The third-order valence-corrected chi connectivity index (χ3v) is 8.81. The summed E-state index contributed by atoms with van der Waals surface area (Å²) in [7, 11) is -1.88. The number of para-hydroxylation sites is 1. The number of fused-ring (bicyclic) bond motifs is 1. The average molecular weight is 716 g/mol. The van der Waals surface area contributed by atoms with E-state index < -0.39 is 26.5 Å². The van der Waals surface area contributed by atoms with Crippen molar-refractivity contribution in [2.75, 3.05) is 19.5 Å². The molecule has 52 heavy (non-hydrogen) atoms. The summed E-state index contributed by atoms with van der Waals surface area (Å²) in [5, 5.41) is 40.8. The number of nitrogens with one attached hydrogen (secondary N) is 1. The van der Waals surface area contributed by atoms with Crippen molar-refractivity contribution in [2.45, 2.75) is 18.7 Å². The summed E-state index contributed by atoms with van der Waals surface area (Å²) in [5.41, 5.74) is 4.94. The molecule has 0 spiro atoms. The lowest BCUT2D eigenvalue weighted by molar-refractivity contribution is 0.415. The van der Waals surface area contributed by atoms with Gasteiger partial charge < -0.3 is 19.9 Å². The van der Waals surface area contributed by atoms with Gasteiger partial charge in [0.05, 0.1) is 31.3 Å². The van der Waals surface area contributed by atoms with E-state index in [9.17, 15) is 18.1 Å². The summed E-state index contributed by atoms with van der Waals surface area (Å²) in [6.45, 7) is 3.66. The fraction of sp³-hybridized carbons (Fsp3) is 0.105. The number of phenols is 1. The number of azo groups is 3. The summed E-state index contributed by atoms with van der Waals surface area (Å²) in [6.07, 6.45) is 0. The Kier molecular flexibility index (Phi) is 10.3. The lowest BCUT2D eigenvalue weighted by Crippen LogP contribution is -1.99. The van der Waals surface area contributed by atoms with Crippen LogP contribution in [0, 0.1) is 13.8 Å². The molecule has 262 valence electrons. The zero-order valence-corrected chi connectivity index (χ0v) is 29.3. The molecular formula is C38H33N7O6S. The van der Waals surface area contributed by atoms with Gasteiger partial charge in [-0.1, -0.05) is 36.4 Å². The Morgan fingerprint density at radius 1 is 0.596 bits per heavy atom. The molecule has 0 unspecified atom stereocenters. The van der Waals surface area contributed by atoms with Gasteiger partial charge in [-0.15, -0.1) is 15.3 Å². The smallest absolute Gasteiger partial charge is 0.296 e. The fourth-order valence-corrected chi connectivity index (χ4v) is 5.91. The number of hydrogen-bond acceptors (Lipinski definition) is 12. The van der Waals surface area contributed by atoms with Crippen LogP contribution in [0.15, 0.2) is 145 Å². The minimum absolute atomic E-state index is 0.212. The highest BCUT2D eigenvalue weighted by molar-refractivity contribution is 7.86. The zero-order valence-electron chi connectivity index (χ0n) is 28.5. The molecule has 0 aliphatic carbocycles. The molecule has 0 fully saturated rings. The van der Waals surface area contributed by atoms with E-state index in [1.54, 1.807) is 49.4 Å². The van der Waals surface area contributed by atoms with Crippen molar-refractivity contribution in [3.05, 3.63) is 120 Å². The molecule has 0 aromatic heterocycles. The van der Waals surface area contributed by atoms with Crippen LogP contribution in [0.5, 0.6) is 17.2 Å². The lowest BCUT2D eigenvalue weighted by Gasteiger charge is -2.12. The Morgan fingerprint density at radius 3 is 1.71 bits per heavy atom. The van der Waals surface area contributed by atoms with E-state index in [1.165, 1.54) is 20.3 Å². The van der Waals surface area contributed by atoms with E-state index in [0.717, 1.165) is 16.9 Å². The van der Waals surface area contributed by atoms with Crippen molar-refractivity contribution >= 4 is 66.4 Å². The fourth-order valence-electron chi connectivity index (χ4n) is 5.25. The Bertz CT molecular complexity index is 2470. The second kappa shape index (κ2) is 15.2. The molecule has 0 amide bonds. The monoisotopic (exact) mass is 715 g/mol. The number of phenolic OH excluding ortho intramolecular Hbond substituents is 1. The molecule has 3 N–H and O–H groups in total. The number of ether oxygens (including phenoxy) is 2. The SMILES string of the molecule is COc1cc(N=Nc2ccccc2)c(C)cc1N=Nc1cc(OC)c(N=Nc2c(S(=O)(=O)O)cc3cc(Nc4ccccc4)ccc3c2O)cc1C. The molecule has 0 saturated heterocycles. The molecule has 14 heteroatoms. The highest BCUT2D eigenvalue weighted by Crippen LogP contribution is 2.44. The number of rotatable bonds is 11. The molecule has 0 radical (unpaired) electrons. The van der Waals surface area contributed by atoms with Crippen molar-refractivity contribution in [3.8, 4) is 17.2 Å². The van der Waals surface area contributed by atoms with Gasteiger partial charge in [0, 0.05) is 28.9 Å². The van der Waals surface area contributed by atoms with Gasteiger partial charge in [0.25, 0.3) is 10.1 Å². The number of aryl methyl sites for hydroxylation is 2. The van der Waals surface area contributed by atoms with Crippen LogP contribution in [-0.2, 0) is 10.1 Å². The first-order valence-electron chi connectivity index (χ1n) is 15.8. The van der Waals surface area contributed by atoms with E-state index >= 15 is 0 Å². The van der Waals surface area contributed by atoms with E-state index in [1.807, 2.05) is 67.6 Å². The van der Waals surface area contributed by atoms with Crippen LogP contribution in [0.25, 0.3) is 10.8 Å². The molecule has 6 rings (SSSR count). The number of nitrogens with zero attached hydrogens (tertiary/aromatic N) is 6. The van der Waals surface area contributed by atoms with Gasteiger partial charge in [0.1, 0.15) is 33.5 Å². The summed E-state index contributed by atoms with van der Waals surface area (Å²) in [5.74, 6) is 0.214. The van der Waals surface area contributed by atoms with Crippen molar-refractivity contribution in [3.63, 3.8) is 0 Å². The largest absolute Gasteiger partial charge is 0.505 e. The van der Waals surface area contributed by atoms with Crippen LogP contribution in [0.4, 0.5) is 45.5 Å². The maximum absolute atomic E-state index is 12.5. The van der Waals surface area contributed by atoms with E-state index in [4.69, 9.17) is 9.47 Å². The Morgan fingerprint density at radius 2 is 1.13 bits per heavy atom. The number of methoxy groups -OCH3 is 2. The second-order valence-corrected chi connectivity index (χ2v) is 12.9. The molecule has 0 saturated carbocycles. The predicted molar refractivity (Wildman–Crippen MR) is 200 cm³/mol. The Balaban J connectivity index is 1.30. The maximum atomic E-state index is 12.5. The molecule has 13 nitrogen and oxygen atoms in total. The molecule has 0 aliphatic heterocycles. The van der Waals surface area contributed by atoms with Crippen LogP contribution in [0.1, 0.15) is 11.1 Å². The highest BCUT2D eigenvalue weighted by atomic mass is 32.2. The average Bonchev–Trinajstić information content (AvgIpc) is 3.14. The number of hydrogen-bond donors (Lipinski definition) is 3. The van der Waals surface area contributed by atoms with Crippen LogP contribution in [-0.4, -0.2) is 32.3 Å². The molecule has 6 aromatic carbocycles. The van der Waals surface area contributed by atoms with Crippen LogP contribution in [0.2, 0.25) is 0 Å². The molecule has 0 heterocycles. The van der Waals surface area contributed by atoms with Gasteiger partial charge >= 0.3 is 0 Å². The molecular weight excluding hydrogens is 683 g/mol. The van der Waals surface area contributed by atoms with Crippen molar-refractivity contribution in [1.82, 2.24) is 0 Å². The maximum Gasteiger partial charge on any atom is 0.296 e. The van der Waals surface area contributed by atoms with Crippen LogP contribution >= 0.6 is 0 Å². The van der Waals surface area contributed by atoms with Gasteiger partial charge in [-0.05, 0) is 91.0 Å². The third kappa shape index (κ3) is 7.93. The van der Waals surface area contributed by atoms with Crippen molar-refractivity contribution in [2.24, 2.45) is 30.7 Å². The molecule has 0 aliphatic rings. The minimum Gasteiger partial charge on any atom is -0.505 e. The lowest BCUT2D eigenvalue weighted by atomic mass is 10.1. The predicted octanol–water partition coefficient (Wildman–Crippen LogP) is 11.4. The number of benzene rings is 6. The number of aromatic hydroxyl groups is 1. The van der Waals surface area contributed by atoms with Gasteiger partial charge in [0.2, 0.25) is 0 Å². The Labute approximate surface area is 299 Å². The molecule has 0 bridgehead atoms. The first kappa shape index (κ1) is 35.3. The normalized spacial score (nSPS) is 11.9. The summed E-state index contributed by atoms with van der Waals surface area (Å²) in [6, 6.07) is 31.7. The van der Waals surface area contributed by atoms with Crippen molar-refractivity contribution in [1.29, 1.82) is 0 Å². The topological polar surface area (TPSA) is 179 Å². The van der Waals surface area contributed by atoms with Gasteiger partial charge in [-0.25, -0.2) is 0 Å². The first-order chi connectivity index (χ1) is 25.0. The standard InChI is InChI=1S/C38H33N7O6S/c1-23-17-32(34(50-3)21-30(23)41-40-27-13-9-6-10-14-27)43-42-31-22-35(51-4)33(18-24(31)2)44-45-37-36(52(47,48)49)20-25-19-28(15-16-29(25)38(37)46)39-26-11-7-5-8-12-26/h5-22,39,46H,1-4H3,(H,47,48,49). The van der Waals surface area contributed by atoms with E-state index in [0.29, 0.717) is 44.8 Å². The van der Waals surface area contributed by atoms with E-state index in [2.05, 4.69) is 36.0 Å². The second-order valence-electron chi connectivity index (χ2n) is 11.5. The zero-order chi connectivity index (χ0) is 36.8. The first-order valence-corrected chi connectivity index (χ1v) is 17.2. The highest BCUT2D eigenvalue weighted by Gasteiger charge is 2.22. The summed E-state index contributed by atoms with van der Waals surface area (Å²) >= 11 is 0. The van der Waals surface area contributed by atoms with E-state index in [-0.39, 0.29) is 11.4 Å².